The van der Waals surface area contributed by atoms with Crippen LogP contribution in [0.1, 0.15) is 40.3 Å². The fraction of sp³-hybridized carbons (Fsp3) is 0.235. The van der Waals surface area contributed by atoms with Crippen molar-refractivity contribution in [3.05, 3.63) is 59.0 Å². The van der Waals surface area contributed by atoms with Gasteiger partial charge in [-0.15, -0.1) is 10.2 Å². The van der Waals surface area contributed by atoms with Crippen molar-refractivity contribution in [1.29, 1.82) is 0 Å². The van der Waals surface area contributed by atoms with E-state index in [1.54, 1.807) is 43.5 Å². The maximum absolute atomic E-state index is 12.9. The van der Waals surface area contributed by atoms with Gasteiger partial charge in [0, 0.05) is 6.20 Å². The van der Waals surface area contributed by atoms with Gasteiger partial charge in [0.25, 0.3) is 0 Å². The van der Waals surface area contributed by atoms with Crippen molar-refractivity contribution < 1.29 is 18.3 Å². The lowest BCUT2D eigenvalue weighted by atomic mass is 10.1. The first-order valence-electron chi connectivity index (χ1n) is 7.87. The number of hydrogen-bond donors (Lipinski definition) is 2. The second-order valence-corrected chi connectivity index (χ2v) is 7.73. The Labute approximate surface area is 150 Å². The summed E-state index contributed by atoms with van der Waals surface area (Å²) >= 11 is 0. The summed E-state index contributed by atoms with van der Waals surface area (Å²) in [6.07, 6.45) is 1.75. The summed E-state index contributed by atoms with van der Waals surface area (Å²) in [5.41, 5.74) is 1.62. The van der Waals surface area contributed by atoms with Crippen LogP contribution in [0.4, 0.5) is 0 Å². The molecule has 0 bridgehead atoms. The second kappa shape index (κ2) is 6.50. The largest absolute Gasteiger partial charge is 0.478 e. The van der Waals surface area contributed by atoms with Crippen molar-refractivity contribution in [1.82, 2.24) is 19.3 Å². The molecule has 2 N–H and O–H groups in total. The number of carboxylic acids is 1. The predicted molar refractivity (Wildman–Crippen MR) is 94.6 cm³/mol. The Morgan fingerprint density at radius 2 is 1.96 bits per heavy atom. The zero-order valence-corrected chi connectivity index (χ0v) is 15.3. The van der Waals surface area contributed by atoms with Crippen LogP contribution < -0.4 is 4.72 Å². The van der Waals surface area contributed by atoms with Crippen molar-refractivity contribution in [3.63, 3.8) is 0 Å². The lowest BCUT2D eigenvalue weighted by Crippen LogP contribution is -2.29. The Bertz CT molecular complexity index is 1110. The van der Waals surface area contributed by atoms with Gasteiger partial charge in [-0.3, -0.25) is 4.40 Å². The molecular weight excluding hydrogens is 356 g/mol. The molecule has 136 valence electrons. The highest BCUT2D eigenvalue weighted by molar-refractivity contribution is 7.89. The van der Waals surface area contributed by atoms with Gasteiger partial charge in [0.1, 0.15) is 0 Å². The van der Waals surface area contributed by atoms with Crippen LogP contribution in [0.5, 0.6) is 0 Å². The Balaban J connectivity index is 2.00. The topological polar surface area (TPSA) is 114 Å². The lowest BCUT2D eigenvalue weighted by molar-refractivity contribution is 0.0696. The molecule has 1 aromatic carbocycles. The molecule has 2 heterocycles. The summed E-state index contributed by atoms with van der Waals surface area (Å²) in [6.45, 7) is 4.98. The number of carboxylic acid groups (broad SMARTS) is 1. The van der Waals surface area contributed by atoms with E-state index in [2.05, 4.69) is 14.9 Å². The normalized spacial score (nSPS) is 13.0. The summed E-state index contributed by atoms with van der Waals surface area (Å²) in [6, 6.07) is 7.33. The molecule has 1 atom stereocenters. The Hall–Kier alpha value is -2.78. The first-order valence-corrected chi connectivity index (χ1v) is 9.35. The number of carbonyl (C=O) groups is 1. The molecule has 3 aromatic rings. The van der Waals surface area contributed by atoms with Crippen LogP contribution in [0.25, 0.3) is 5.65 Å². The van der Waals surface area contributed by atoms with Crippen molar-refractivity contribution in [3.8, 4) is 0 Å². The van der Waals surface area contributed by atoms with Crippen molar-refractivity contribution in [2.45, 2.75) is 31.7 Å². The number of aryl methyl sites for hydroxylation is 1. The molecule has 26 heavy (non-hydrogen) atoms. The highest BCUT2D eigenvalue weighted by Gasteiger charge is 2.25. The first kappa shape index (κ1) is 18.0. The number of benzene rings is 1. The van der Waals surface area contributed by atoms with E-state index in [-0.39, 0.29) is 10.5 Å². The van der Waals surface area contributed by atoms with E-state index in [1.165, 1.54) is 12.1 Å². The van der Waals surface area contributed by atoms with Crippen LogP contribution in [0.15, 0.2) is 41.4 Å². The molecule has 8 nitrogen and oxygen atoms in total. The number of pyridine rings is 1. The minimum absolute atomic E-state index is 0.0597. The monoisotopic (exact) mass is 374 g/mol. The molecule has 0 spiro atoms. The number of aromatic nitrogens is 3. The van der Waals surface area contributed by atoms with E-state index in [0.29, 0.717) is 22.6 Å². The van der Waals surface area contributed by atoms with Crippen LogP contribution in [-0.2, 0) is 10.0 Å². The van der Waals surface area contributed by atoms with Gasteiger partial charge in [0.2, 0.25) is 10.0 Å². The van der Waals surface area contributed by atoms with Crippen molar-refractivity contribution >= 4 is 21.6 Å². The van der Waals surface area contributed by atoms with Crippen LogP contribution >= 0.6 is 0 Å². The van der Waals surface area contributed by atoms with Crippen LogP contribution in [-0.4, -0.2) is 34.1 Å². The standard InChI is InChI=1S/C17H18N4O4S/c1-10-8-13(17(22)23)9-14(11(10)2)26(24,25)20-12(3)16-19-18-15-6-4-5-7-21(15)16/h4-9,12,20H,1-3H3,(H,22,23). The molecular formula is C17H18N4O4S. The van der Waals surface area contributed by atoms with E-state index in [9.17, 15) is 18.3 Å². The Morgan fingerprint density at radius 1 is 1.23 bits per heavy atom. The van der Waals surface area contributed by atoms with E-state index >= 15 is 0 Å². The Kier molecular flexibility index (Phi) is 4.51. The summed E-state index contributed by atoms with van der Waals surface area (Å²) in [5, 5.41) is 17.3. The molecule has 0 amide bonds. The van der Waals surface area contributed by atoms with Crippen LogP contribution in [0.3, 0.4) is 0 Å². The number of aromatic carboxylic acids is 1. The van der Waals surface area contributed by atoms with Crippen LogP contribution in [0, 0.1) is 13.8 Å². The number of fused-ring (bicyclic) bond motifs is 1. The molecule has 9 heteroatoms. The van der Waals surface area contributed by atoms with Crippen molar-refractivity contribution in [2.75, 3.05) is 0 Å². The van der Waals surface area contributed by atoms with E-state index in [1.807, 2.05) is 6.07 Å². The summed E-state index contributed by atoms with van der Waals surface area (Å²) in [5.74, 6) is -0.742. The molecule has 2 aromatic heterocycles. The van der Waals surface area contributed by atoms with Gasteiger partial charge in [-0.05, 0) is 56.2 Å². The first-order chi connectivity index (χ1) is 12.2. The SMILES string of the molecule is Cc1cc(C(=O)O)cc(S(=O)(=O)NC(C)c2nnc3ccccn23)c1C. The lowest BCUT2D eigenvalue weighted by Gasteiger charge is -2.16. The second-order valence-electron chi connectivity index (χ2n) is 6.05. The molecule has 0 radical (unpaired) electrons. The minimum atomic E-state index is -3.96. The molecule has 0 saturated heterocycles. The molecule has 0 aliphatic rings. The molecule has 3 rings (SSSR count). The smallest absolute Gasteiger partial charge is 0.335 e. The minimum Gasteiger partial charge on any atom is -0.478 e. The fourth-order valence-electron chi connectivity index (χ4n) is 2.73. The number of sulfonamides is 1. The molecule has 0 fully saturated rings. The Morgan fingerprint density at radius 3 is 2.65 bits per heavy atom. The molecule has 1 unspecified atom stereocenters. The van der Waals surface area contributed by atoms with Gasteiger partial charge in [-0.25, -0.2) is 17.9 Å². The number of nitrogens with zero attached hydrogens (tertiary/aromatic N) is 3. The summed E-state index contributed by atoms with van der Waals surface area (Å²) in [4.78, 5) is 11.2. The quantitative estimate of drug-likeness (QED) is 0.707. The van der Waals surface area contributed by atoms with Gasteiger partial charge in [-0.1, -0.05) is 6.07 Å². The van der Waals surface area contributed by atoms with Gasteiger partial charge in [-0.2, -0.15) is 0 Å². The van der Waals surface area contributed by atoms with Crippen molar-refractivity contribution in [2.24, 2.45) is 0 Å². The van der Waals surface area contributed by atoms with Gasteiger partial charge in [0.15, 0.2) is 11.5 Å². The molecule has 0 saturated carbocycles. The predicted octanol–water partition coefficient (Wildman–Crippen LogP) is 2.08. The third kappa shape index (κ3) is 3.18. The number of nitrogens with one attached hydrogen (secondary N) is 1. The third-order valence-corrected chi connectivity index (χ3v) is 5.88. The van der Waals surface area contributed by atoms with E-state index in [0.717, 1.165) is 0 Å². The van der Waals surface area contributed by atoms with Gasteiger partial charge >= 0.3 is 5.97 Å². The third-order valence-electron chi connectivity index (χ3n) is 4.22. The number of hydrogen-bond acceptors (Lipinski definition) is 5. The van der Waals surface area contributed by atoms with E-state index < -0.39 is 22.0 Å². The average molecular weight is 374 g/mol. The number of rotatable bonds is 5. The van der Waals surface area contributed by atoms with Crippen LogP contribution in [0.2, 0.25) is 0 Å². The van der Waals surface area contributed by atoms with Gasteiger partial charge < -0.3 is 5.11 Å². The zero-order valence-electron chi connectivity index (χ0n) is 14.5. The molecule has 0 aliphatic heterocycles. The zero-order chi connectivity index (χ0) is 19.1. The summed E-state index contributed by atoms with van der Waals surface area (Å²) in [7, 11) is -3.96. The fourth-order valence-corrected chi connectivity index (χ4v) is 4.28. The van der Waals surface area contributed by atoms with E-state index in [4.69, 9.17) is 0 Å². The molecule has 0 aliphatic carbocycles. The highest BCUT2D eigenvalue weighted by atomic mass is 32.2. The average Bonchev–Trinajstić information content (AvgIpc) is 3.00. The maximum atomic E-state index is 12.9. The summed E-state index contributed by atoms with van der Waals surface area (Å²) < 4.78 is 30.0. The highest BCUT2D eigenvalue weighted by Crippen LogP contribution is 2.23. The van der Waals surface area contributed by atoms with Gasteiger partial charge in [0.05, 0.1) is 16.5 Å². The maximum Gasteiger partial charge on any atom is 0.335 e.